The number of hydrogen-bond donors (Lipinski definition) is 1. The smallest absolute Gasteiger partial charge is 0.261 e. The maximum atomic E-state index is 13.4. The van der Waals surface area contributed by atoms with Crippen molar-refractivity contribution in [2.24, 2.45) is 0 Å². The molecule has 2 amide bonds. The number of nitrogens with one attached hydrogen (secondary N) is 1. The van der Waals surface area contributed by atoms with E-state index in [4.69, 9.17) is 0 Å². The Morgan fingerprint density at radius 3 is 2.75 bits per heavy atom. The van der Waals surface area contributed by atoms with E-state index in [0.29, 0.717) is 11.8 Å². The molecule has 0 aromatic heterocycles. The molecule has 1 aliphatic carbocycles. The molecule has 1 saturated carbocycles. The Hall–Kier alpha value is -2.53. The molecule has 168 valence electrons. The van der Waals surface area contributed by atoms with Gasteiger partial charge in [-0.05, 0) is 55.9 Å². The predicted octanol–water partition coefficient (Wildman–Crippen LogP) is 4.89. The molecule has 4 rings (SSSR count). The molecular formula is C27H32N2O2S. The molecule has 2 aromatic rings. The molecule has 5 heteroatoms. The van der Waals surface area contributed by atoms with Crippen LogP contribution in [0.15, 0.2) is 53.4 Å². The van der Waals surface area contributed by atoms with E-state index in [1.807, 2.05) is 35.2 Å². The molecule has 4 nitrogen and oxygen atoms in total. The fourth-order valence-corrected chi connectivity index (χ4v) is 6.14. The van der Waals surface area contributed by atoms with Crippen LogP contribution in [0.4, 0.5) is 0 Å². The summed E-state index contributed by atoms with van der Waals surface area (Å²) < 4.78 is 0. The number of benzene rings is 2. The third kappa shape index (κ3) is 5.44. The third-order valence-corrected chi connectivity index (χ3v) is 7.82. The van der Waals surface area contributed by atoms with Gasteiger partial charge in [-0.3, -0.25) is 9.59 Å². The van der Waals surface area contributed by atoms with Crippen LogP contribution in [0, 0.1) is 13.8 Å². The highest BCUT2D eigenvalue weighted by molar-refractivity contribution is 8.04. The van der Waals surface area contributed by atoms with Gasteiger partial charge in [-0.1, -0.05) is 66.9 Å². The molecule has 2 aliphatic rings. The van der Waals surface area contributed by atoms with E-state index in [2.05, 4.69) is 43.4 Å². The molecular weight excluding hydrogens is 416 g/mol. The summed E-state index contributed by atoms with van der Waals surface area (Å²) in [6, 6.07) is 16.6. The van der Waals surface area contributed by atoms with Crippen LogP contribution < -0.4 is 5.32 Å². The van der Waals surface area contributed by atoms with E-state index < -0.39 is 0 Å². The zero-order valence-corrected chi connectivity index (χ0v) is 19.8. The van der Waals surface area contributed by atoms with E-state index >= 15 is 0 Å². The lowest BCUT2D eigenvalue weighted by atomic mass is 9.93. The Bertz CT molecular complexity index is 1020. The topological polar surface area (TPSA) is 49.4 Å². The second-order valence-corrected chi connectivity index (χ2v) is 10.2. The minimum atomic E-state index is -0.0718. The number of thioether (sulfide) groups is 1. The number of carbonyl (C=O) groups excluding carboxylic acids is 2. The first-order valence-corrected chi connectivity index (χ1v) is 12.5. The average Bonchev–Trinajstić information content (AvgIpc) is 2.78. The van der Waals surface area contributed by atoms with Crippen molar-refractivity contribution < 1.29 is 9.59 Å². The Balaban J connectivity index is 1.44. The van der Waals surface area contributed by atoms with Gasteiger partial charge in [-0.2, -0.15) is 0 Å². The van der Waals surface area contributed by atoms with E-state index in [-0.39, 0.29) is 24.4 Å². The fourth-order valence-electron chi connectivity index (χ4n) is 4.68. The van der Waals surface area contributed by atoms with Crippen LogP contribution in [-0.2, 0) is 16.0 Å². The summed E-state index contributed by atoms with van der Waals surface area (Å²) in [6.07, 6.45) is 7.20. The predicted molar refractivity (Wildman–Crippen MR) is 132 cm³/mol. The summed E-state index contributed by atoms with van der Waals surface area (Å²) in [4.78, 5) is 28.8. The van der Waals surface area contributed by atoms with Crippen molar-refractivity contribution in [2.75, 3.05) is 13.1 Å². The fraction of sp³-hybridized carbons (Fsp3) is 0.407. The Morgan fingerprint density at radius 2 is 1.94 bits per heavy atom. The largest absolute Gasteiger partial charge is 0.354 e. The van der Waals surface area contributed by atoms with Crippen LogP contribution in [0.25, 0.3) is 6.08 Å². The number of amides is 2. The van der Waals surface area contributed by atoms with Crippen LogP contribution in [-0.4, -0.2) is 41.1 Å². The van der Waals surface area contributed by atoms with Gasteiger partial charge >= 0.3 is 0 Å². The maximum Gasteiger partial charge on any atom is 0.261 e. The number of carbonyl (C=O) groups is 2. The highest BCUT2D eigenvalue weighted by Gasteiger charge is 2.41. The van der Waals surface area contributed by atoms with Crippen LogP contribution in [0.1, 0.15) is 47.9 Å². The molecule has 2 fully saturated rings. The van der Waals surface area contributed by atoms with Crippen LogP contribution in [0.2, 0.25) is 0 Å². The van der Waals surface area contributed by atoms with Gasteiger partial charge in [0.15, 0.2) is 0 Å². The molecule has 2 unspecified atom stereocenters. The lowest BCUT2D eigenvalue weighted by Gasteiger charge is -2.43. The number of hydrogen-bond acceptors (Lipinski definition) is 3. The van der Waals surface area contributed by atoms with E-state index in [0.717, 1.165) is 41.7 Å². The molecule has 1 saturated heterocycles. The maximum absolute atomic E-state index is 13.4. The molecule has 0 bridgehead atoms. The quantitative estimate of drug-likeness (QED) is 0.640. The molecule has 1 heterocycles. The summed E-state index contributed by atoms with van der Waals surface area (Å²) in [5.74, 6) is -0.0762. The standard InChI is InChI=1S/C27H32N2O2S/c1-19-8-7-10-21(16-19)14-15-28-26(30)18-29-23-12-5-6-13-24(23)32-25(27(29)31)17-22-11-4-3-9-20(22)2/h3-4,7-11,16-17,23-24H,5-6,12-15,18H2,1-2H3,(H,28,30)/b25-17-. The highest BCUT2D eigenvalue weighted by atomic mass is 32.2. The van der Waals surface area contributed by atoms with Gasteiger partial charge in [0, 0.05) is 17.8 Å². The van der Waals surface area contributed by atoms with E-state index in [1.165, 1.54) is 17.5 Å². The first-order chi connectivity index (χ1) is 15.5. The van der Waals surface area contributed by atoms with E-state index in [1.54, 1.807) is 11.8 Å². The number of aryl methyl sites for hydroxylation is 2. The first-order valence-electron chi connectivity index (χ1n) is 11.6. The SMILES string of the molecule is Cc1cccc(CCNC(=O)CN2C(=O)/C(=C/c3ccccc3C)SC3CCCCC32)c1. The third-order valence-electron chi connectivity index (χ3n) is 6.43. The van der Waals surface area contributed by atoms with Crippen molar-refractivity contribution in [3.05, 3.63) is 75.7 Å². The normalized spacial score (nSPS) is 22.0. The van der Waals surface area contributed by atoms with Gasteiger partial charge in [0.2, 0.25) is 5.91 Å². The summed E-state index contributed by atoms with van der Waals surface area (Å²) >= 11 is 1.71. The summed E-state index contributed by atoms with van der Waals surface area (Å²) in [7, 11) is 0. The summed E-state index contributed by atoms with van der Waals surface area (Å²) in [5.41, 5.74) is 4.66. The molecule has 0 radical (unpaired) electrons. The van der Waals surface area contributed by atoms with Gasteiger partial charge in [0.1, 0.15) is 6.54 Å². The minimum Gasteiger partial charge on any atom is -0.354 e. The van der Waals surface area contributed by atoms with Gasteiger partial charge in [-0.25, -0.2) is 0 Å². The lowest BCUT2D eigenvalue weighted by molar-refractivity contribution is -0.135. The Morgan fingerprint density at radius 1 is 1.12 bits per heavy atom. The zero-order valence-electron chi connectivity index (χ0n) is 19.0. The van der Waals surface area contributed by atoms with E-state index in [9.17, 15) is 9.59 Å². The number of nitrogens with zero attached hydrogens (tertiary/aromatic N) is 1. The van der Waals surface area contributed by atoms with Gasteiger partial charge in [0.25, 0.3) is 5.91 Å². The molecule has 1 N–H and O–H groups in total. The highest BCUT2D eigenvalue weighted by Crippen LogP contribution is 2.42. The summed E-state index contributed by atoms with van der Waals surface area (Å²) in [6.45, 7) is 4.86. The van der Waals surface area contributed by atoms with Crippen molar-refractivity contribution in [1.29, 1.82) is 0 Å². The van der Waals surface area contributed by atoms with Gasteiger partial charge < -0.3 is 10.2 Å². The lowest BCUT2D eigenvalue weighted by Crippen LogP contribution is -2.54. The van der Waals surface area contributed by atoms with Crippen molar-refractivity contribution in [2.45, 2.75) is 57.2 Å². The van der Waals surface area contributed by atoms with Gasteiger partial charge in [0.05, 0.1) is 4.91 Å². The van der Waals surface area contributed by atoms with Crippen molar-refractivity contribution in [1.82, 2.24) is 10.2 Å². The van der Waals surface area contributed by atoms with Crippen molar-refractivity contribution >= 4 is 29.7 Å². The van der Waals surface area contributed by atoms with Gasteiger partial charge in [-0.15, -0.1) is 11.8 Å². The van der Waals surface area contributed by atoms with Crippen LogP contribution >= 0.6 is 11.8 Å². The second kappa shape index (κ2) is 10.4. The monoisotopic (exact) mass is 448 g/mol. The van der Waals surface area contributed by atoms with Crippen LogP contribution in [0.3, 0.4) is 0 Å². The zero-order chi connectivity index (χ0) is 22.5. The Labute approximate surface area is 195 Å². The van der Waals surface area contributed by atoms with Crippen LogP contribution in [0.5, 0.6) is 0 Å². The minimum absolute atomic E-state index is 0.00441. The molecule has 1 aliphatic heterocycles. The molecule has 0 spiro atoms. The summed E-state index contributed by atoms with van der Waals surface area (Å²) in [5, 5.41) is 3.40. The molecule has 2 aromatic carbocycles. The average molecular weight is 449 g/mol. The van der Waals surface area contributed by atoms with Crippen molar-refractivity contribution in [3.8, 4) is 0 Å². The first kappa shape index (κ1) is 22.7. The molecule has 2 atom stereocenters. The number of rotatable bonds is 6. The molecule has 32 heavy (non-hydrogen) atoms. The number of fused-ring (bicyclic) bond motifs is 1. The second-order valence-electron chi connectivity index (χ2n) is 8.90. The Kier molecular flexibility index (Phi) is 7.36. The van der Waals surface area contributed by atoms with Crippen molar-refractivity contribution in [3.63, 3.8) is 0 Å².